The Morgan fingerprint density at radius 2 is 1.91 bits per heavy atom. The van der Waals surface area contributed by atoms with Crippen molar-refractivity contribution in [2.24, 2.45) is 0 Å². The molecule has 1 aliphatic carbocycles. The topological polar surface area (TPSA) is 61.4 Å². The molecule has 0 radical (unpaired) electrons. The van der Waals surface area contributed by atoms with Crippen LogP contribution in [0.1, 0.15) is 75.8 Å². The van der Waals surface area contributed by atoms with Crippen LogP contribution >= 0.6 is 22.9 Å². The first-order valence-electron chi connectivity index (χ1n) is 11.6. The van der Waals surface area contributed by atoms with Gasteiger partial charge in [-0.25, -0.2) is 0 Å². The van der Waals surface area contributed by atoms with Crippen LogP contribution in [0, 0.1) is 0 Å². The zero-order valence-electron chi connectivity index (χ0n) is 19.7. The van der Waals surface area contributed by atoms with Crippen molar-refractivity contribution in [2.75, 3.05) is 6.54 Å². The van der Waals surface area contributed by atoms with Crippen molar-refractivity contribution in [1.82, 2.24) is 10.6 Å². The largest absolute Gasteiger partial charge is 0.390 e. The smallest absolute Gasteiger partial charge is 0.217 e. The molecule has 3 N–H and O–H groups in total. The molecule has 1 fully saturated rings. The third kappa shape index (κ3) is 6.57. The third-order valence-electron chi connectivity index (χ3n) is 6.54. The van der Waals surface area contributed by atoms with Crippen LogP contribution in [0.3, 0.4) is 0 Å². The van der Waals surface area contributed by atoms with E-state index in [0.717, 1.165) is 17.7 Å². The molecule has 3 rings (SSSR count). The average molecular weight is 477 g/mol. The molecule has 1 aromatic carbocycles. The van der Waals surface area contributed by atoms with Gasteiger partial charge in [-0.05, 0) is 41.5 Å². The first kappa shape index (κ1) is 25.2. The number of amides is 1. The fraction of sp³-hybridized carbons (Fsp3) is 0.577. The highest BCUT2D eigenvalue weighted by Crippen LogP contribution is 2.38. The summed E-state index contributed by atoms with van der Waals surface area (Å²) in [5.74, 6) is -0.137. The second kappa shape index (κ2) is 10.7. The van der Waals surface area contributed by atoms with Gasteiger partial charge in [0.25, 0.3) is 0 Å². The van der Waals surface area contributed by atoms with Crippen LogP contribution in [0.15, 0.2) is 36.4 Å². The van der Waals surface area contributed by atoms with E-state index in [4.69, 9.17) is 11.6 Å². The maximum absolute atomic E-state index is 11.8. The van der Waals surface area contributed by atoms with Gasteiger partial charge in [0.1, 0.15) is 0 Å². The van der Waals surface area contributed by atoms with E-state index in [0.29, 0.717) is 17.3 Å². The highest BCUT2D eigenvalue weighted by atomic mass is 35.5. The van der Waals surface area contributed by atoms with Gasteiger partial charge in [0.15, 0.2) is 0 Å². The number of benzene rings is 1. The molecule has 2 unspecified atom stereocenters. The monoisotopic (exact) mass is 476 g/mol. The highest BCUT2D eigenvalue weighted by Gasteiger charge is 2.35. The molecule has 32 heavy (non-hydrogen) atoms. The maximum Gasteiger partial charge on any atom is 0.217 e. The highest BCUT2D eigenvalue weighted by molar-refractivity contribution is 7.16. The fourth-order valence-corrected chi connectivity index (χ4v) is 5.82. The second-order valence-corrected chi connectivity index (χ2v) is 11.9. The van der Waals surface area contributed by atoms with Gasteiger partial charge < -0.3 is 15.7 Å². The summed E-state index contributed by atoms with van der Waals surface area (Å²) in [5.41, 5.74) is 2.57. The number of carbonyl (C=O) groups is 1. The number of nitrogens with one attached hydrogen (secondary N) is 2. The molecule has 0 aliphatic heterocycles. The Bertz CT molecular complexity index is 899. The van der Waals surface area contributed by atoms with Crippen LogP contribution in [-0.2, 0) is 22.2 Å². The van der Waals surface area contributed by atoms with E-state index in [1.54, 1.807) is 0 Å². The predicted octanol–water partition coefficient (Wildman–Crippen LogP) is 5.56. The Labute approximate surface area is 201 Å². The van der Waals surface area contributed by atoms with E-state index in [-0.39, 0.29) is 22.9 Å². The van der Waals surface area contributed by atoms with Crippen LogP contribution < -0.4 is 10.6 Å². The lowest BCUT2D eigenvalue weighted by Gasteiger charge is -2.41. The molecule has 0 bridgehead atoms. The van der Waals surface area contributed by atoms with Crippen molar-refractivity contribution >= 4 is 28.8 Å². The summed E-state index contributed by atoms with van der Waals surface area (Å²) in [6.07, 6.45) is 5.56. The molecule has 2 atom stereocenters. The summed E-state index contributed by atoms with van der Waals surface area (Å²) in [6.45, 7) is 8.64. The molecule has 4 nitrogen and oxygen atoms in total. The summed E-state index contributed by atoms with van der Waals surface area (Å²) in [6, 6.07) is 12.4. The van der Waals surface area contributed by atoms with Crippen molar-refractivity contribution in [3.8, 4) is 0 Å². The van der Waals surface area contributed by atoms with Crippen molar-refractivity contribution in [3.05, 3.63) is 56.7 Å². The van der Waals surface area contributed by atoms with Crippen LogP contribution in [0.25, 0.3) is 0 Å². The lowest BCUT2D eigenvalue weighted by atomic mass is 9.74. The summed E-state index contributed by atoms with van der Waals surface area (Å²) in [5, 5.41) is 17.8. The van der Waals surface area contributed by atoms with Crippen molar-refractivity contribution < 1.29 is 9.90 Å². The normalized spacial score (nSPS) is 18.2. The lowest BCUT2D eigenvalue weighted by molar-refractivity contribution is -0.120. The van der Waals surface area contributed by atoms with Gasteiger partial charge in [-0.1, -0.05) is 75.9 Å². The van der Waals surface area contributed by atoms with Gasteiger partial charge >= 0.3 is 0 Å². The quantitative estimate of drug-likeness (QED) is 0.467. The van der Waals surface area contributed by atoms with Crippen molar-refractivity contribution in [2.45, 2.75) is 89.3 Å². The van der Waals surface area contributed by atoms with Gasteiger partial charge in [-0.2, -0.15) is 0 Å². The Morgan fingerprint density at radius 1 is 1.19 bits per heavy atom. The number of hydrogen-bond acceptors (Lipinski definition) is 4. The molecule has 1 aromatic heterocycles. The molecule has 0 spiro atoms. The molecule has 1 amide bonds. The zero-order chi connectivity index (χ0) is 23.4. The number of rotatable bonds is 8. The molecule has 2 aromatic rings. The fourth-order valence-electron chi connectivity index (χ4n) is 4.67. The summed E-state index contributed by atoms with van der Waals surface area (Å²) in [7, 11) is 0. The Morgan fingerprint density at radius 3 is 2.50 bits per heavy atom. The van der Waals surface area contributed by atoms with Crippen LogP contribution in [0.4, 0.5) is 0 Å². The molecule has 6 heteroatoms. The maximum atomic E-state index is 11.8. The van der Waals surface area contributed by atoms with Gasteiger partial charge in [0, 0.05) is 30.3 Å². The van der Waals surface area contributed by atoms with E-state index < -0.39 is 6.10 Å². The average Bonchev–Trinajstić information content (AvgIpc) is 3.16. The number of aliphatic hydroxyl groups excluding tert-OH is 1. The first-order chi connectivity index (χ1) is 15.1. The Hall–Kier alpha value is -1.40. The molecular formula is C26H37ClN2O2S. The van der Waals surface area contributed by atoms with E-state index in [9.17, 15) is 9.90 Å². The van der Waals surface area contributed by atoms with Gasteiger partial charge in [-0.15, -0.1) is 11.3 Å². The molecular weight excluding hydrogens is 440 g/mol. The predicted molar refractivity (Wildman–Crippen MR) is 135 cm³/mol. The third-order valence-corrected chi connectivity index (χ3v) is 7.79. The molecule has 0 saturated heterocycles. The molecule has 1 heterocycles. The van der Waals surface area contributed by atoms with Crippen LogP contribution in [-0.4, -0.2) is 29.7 Å². The van der Waals surface area contributed by atoms with E-state index in [1.165, 1.54) is 48.6 Å². The van der Waals surface area contributed by atoms with Gasteiger partial charge in [-0.3, -0.25) is 4.79 Å². The van der Waals surface area contributed by atoms with E-state index >= 15 is 0 Å². The lowest BCUT2D eigenvalue weighted by Crippen LogP contribution is -2.53. The SMILES string of the molecule is CC(=O)NC(Cc1ccc(Cl)s1)C(O)CNC1(c2cccc(C(C)(C)C)c2)CCCCC1. The standard InChI is InChI=1S/C26H37ClN2O2S/c1-18(30)29-22(16-21-11-12-24(27)32-21)23(31)17-28-26(13-6-5-7-14-26)20-10-8-9-19(15-20)25(2,3)4/h8-12,15,22-23,28,31H,5-7,13-14,16-17H2,1-4H3,(H,29,30). The number of hydrogen-bond donors (Lipinski definition) is 3. The minimum atomic E-state index is -0.704. The summed E-state index contributed by atoms with van der Waals surface area (Å²) >= 11 is 7.57. The van der Waals surface area contributed by atoms with E-state index in [1.807, 2.05) is 12.1 Å². The Kier molecular flexibility index (Phi) is 8.42. The minimum Gasteiger partial charge on any atom is -0.390 e. The number of thiophene rings is 1. The van der Waals surface area contributed by atoms with Crippen molar-refractivity contribution in [3.63, 3.8) is 0 Å². The number of aliphatic hydroxyl groups is 1. The van der Waals surface area contributed by atoms with Crippen LogP contribution in [0.2, 0.25) is 4.34 Å². The molecule has 176 valence electrons. The number of carbonyl (C=O) groups excluding carboxylic acids is 1. The molecule has 1 saturated carbocycles. The Balaban J connectivity index is 1.78. The summed E-state index contributed by atoms with van der Waals surface area (Å²) in [4.78, 5) is 12.9. The first-order valence-corrected chi connectivity index (χ1v) is 12.8. The zero-order valence-corrected chi connectivity index (χ0v) is 21.3. The van der Waals surface area contributed by atoms with Crippen molar-refractivity contribution in [1.29, 1.82) is 0 Å². The van der Waals surface area contributed by atoms with Gasteiger partial charge in [0.2, 0.25) is 5.91 Å². The van der Waals surface area contributed by atoms with Gasteiger partial charge in [0.05, 0.1) is 16.5 Å². The summed E-state index contributed by atoms with van der Waals surface area (Å²) < 4.78 is 0.717. The van der Waals surface area contributed by atoms with Crippen LogP contribution in [0.5, 0.6) is 0 Å². The van der Waals surface area contributed by atoms with E-state index in [2.05, 4.69) is 55.7 Å². The number of halogens is 1. The molecule has 1 aliphatic rings. The second-order valence-electron chi connectivity index (χ2n) is 10.1. The minimum absolute atomic E-state index is 0.0872.